The van der Waals surface area contributed by atoms with Gasteiger partial charge < -0.3 is 10.1 Å². The Morgan fingerprint density at radius 2 is 2.10 bits per heavy atom. The number of nitrogens with one attached hydrogen (secondary N) is 1. The molecule has 1 saturated heterocycles. The molecule has 0 saturated carbocycles. The molecule has 1 atom stereocenters. The molecule has 0 spiro atoms. The first-order valence-electron chi connectivity index (χ1n) is 6.44. The number of amides is 1. The van der Waals surface area contributed by atoms with E-state index < -0.39 is 6.04 Å². The summed E-state index contributed by atoms with van der Waals surface area (Å²) in [6.07, 6.45) is 0.471. The summed E-state index contributed by atoms with van der Waals surface area (Å²) >= 11 is 5.13. The van der Waals surface area contributed by atoms with Crippen molar-refractivity contribution < 1.29 is 18.7 Å². The smallest absolute Gasteiger partial charge is 0.305 e. The highest BCUT2D eigenvalue weighted by Crippen LogP contribution is 2.15. The third-order valence-electron chi connectivity index (χ3n) is 3.23. The Labute approximate surface area is 127 Å². The van der Waals surface area contributed by atoms with E-state index in [0.717, 1.165) is 5.56 Å². The summed E-state index contributed by atoms with van der Waals surface area (Å²) in [5.41, 5.74) is 0.780. The van der Waals surface area contributed by atoms with Gasteiger partial charge in [0.1, 0.15) is 11.9 Å². The van der Waals surface area contributed by atoms with E-state index in [9.17, 15) is 14.0 Å². The highest BCUT2D eigenvalue weighted by molar-refractivity contribution is 7.80. The van der Waals surface area contributed by atoms with Crippen molar-refractivity contribution in [3.63, 3.8) is 0 Å². The second kappa shape index (κ2) is 6.62. The second-order valence-electron chi connectivity index (χ2n) is 4.67. The molecule has 1 heterocycles. The van der Waals surface area contributed by atoms with Crippen molar-refractivity contribution in [2.75, 3.05) is 7.11 Å². The van der Waals surface area contributed by atoms with Crippen molar-refractivity contribution >= 4 is 29.2 Å². The zero-order valence-corrected chi connectivity index (χ0v) is 12.3. The van der Waals surface area contributed by atoms with E-state index in [4.69, 9.17) is 12.2 Å². The van der Waals surface area contributed by atoms with E-state index >= 15 is 0 Å². The lowest BCUT2D eigenvalue weighted by Gasteiger charge is -2.14. The molecular weight excluding hydrogens is 295 g/mol. The van der Waals surface area contributed by atoms with Gasteiger partial charge in [0.25, 0.3) is 5.91 Å². The number of thiocarbonyl (C=S) groups is 1. The molecule has 0 bridgehead atoms. The number of carbonyl (C=O) groups is 2. The van der Waals surface area contributed by atoms with Crippen LogP contribution >= 0.6 is 12.2 Å². The zero-order valence-electron chi connectivity index (χ0n) is 11.5. The van der Waals surface area contributed by atoms with Gasteiger partial charge in [0.05, 0.1) is 13.7 Å². The lowest BCUT2D eigenvalue weighted by Crippen LogP contribution is -2.31. The van der Waals surface area contributed by atoms with Crippen LogP contribution in [-0.2, 0) is 20.9 Å². The van der Waals surface area contributed by atoms with Gasteiger partial charge in [-0.2, -0.15) is 0 Å². The van der Waals surface area contributed by atoms with Gasteiger partial charge in [-0.05, 0) is 36.3 Å². The molecule has 1 unspecified atom stereocenters. The van der Waals surface area contributed by atoms with E-state index in [1.807, 2.05) is 0 Å². The predicted octanol–water partition coefficient (Wildman–Crippen LogP) is 1.36. The molecule has 0 aromatic heterocycles. The Kier molecular flexibility index (Phi) is 4.85. The Balaban J connectivity index is 1.98. The van der Waals surface area contributed by atoms with Crippen LogP contribution < -0.4 is 5.32 Å². The van der Waals surface area contributed by atoms with Crippen LogP contribution in [0.25, 0.3) is 0 Å². The molecular formula is C14H15FN2O3S. The highest BCUT2D eigenvalue weighted by Gasteiger charge is 2.35. The molecule has 2 rings (SSSR count). The van der Waals surface area contributed by atoms with E-state index in [1.54, 1.807) is 12.1 Å². The maximum Gasteiger partial charge on any atom is 0.305 e. The number of nitrogens with zero attached hydrogens (tertiary/aromatic N) is 1. The molecule has 1 aliphatic rings. The number of ether oxygens (including phenoxy) is 1. The van der Waals surface area contributed by atoms with Crippen LogP contribution in [0.1, 0.15) is 18.4 Å². The summed E-state index contributed by atoms with van der Waals surface area (Å²) < 4.78 is 17.4. The first kappa shape index (κ1) is 15.4. The van der Waals surface area contributed by atoms with Gasteiger partial charge in [0.15, 0.2) is 5.11 Å². The minimum atomic E-state index is -0.517. The molecule has 1 aliphatic heterocycles. The SMILES string of the molecule is COC(=O)CCC1NC(=S)N(Cc2ccc(F)cc2)C1=O. The van der Waals surface area contributed by atoms with Gasteiger partial charge in [-0.25, -0.2) is 4.39 Å². The van der Waals surface area contributed by atoms with Crippen molar-refractivity contribution in [1.29, 1.82) is 0 Å². The van der Waals surface area contributed by atoms with E-state index in [1.165, 1.54) is 24.1 Å². The van der Waals surface area contributed by atoms with E-state index in [2.05, 4.69) is 10.1 Å². The minimum absolute atomic E-state index is 0.146. The normalized spacial score (nSPS) is 17.8. The van der Waals surface area contributed by atoms with Gasteiger partial charge in [-0.1, -0.05) is 12.1 Å². The fourth-order valence-corrected chi connectivity index (χ4v) is 2.36. The molecule has 5 nitrogen and oxygen atoms in total. The van der Waals surface area contributed by atoms with Gasteiger partial charge in [-0.15, -0.1) is 0 Å². The predicted molar refractivity (Wildman–Crippen MR) is 77.7 cm³/mol. The summed E-state index contributed by atoms with van der Waals surface area (Å²) in [4.78, 5) is 24.8. The van der Waals surface area contributed by atoms with Crippen molar-refractivity contribution in [2.45, 2.75) is 25.4 Å². The molecule has 1 amide bonds. The van der Waals surface area contributed by atoms with Crippen LogP contribution in [0, 0.1) is 5.82 Å². The first-order valence-corrected chi connectivity index (χ1v) is 6.85. The zero-order chi connectivity index (χ0) is 15.4. The van der Waals surface area contributed by atoms with Crippen LogP contribution in [0.3, 0.4) is 0 Å². The Hall–Kier alpha value is -2.02. The standard InChI is InChI=1S/C14H15FN2O3S/c1-20-12(18)7-6-11-13(19)17(14(21)16-11)8-9-2-4-10(15)5-3-9/h2-5,11H,6-8H2,1H3,(H,16,21). The number of methoxy groups -OCH3 is 1. The third kappa shape index (κ3) is 3.75. The van der Waals surface area contributed by atoms with Crippen LogP contribution in [0.4, 0.5) is 4.39 Å². The third-order valence-corrected chi connectivity index (χ3v) is 3.56. The molecule has 1 N–H and O–H groups in total. The van der Waals surface area contributed by atoms with E-state index in [-0.39, 0.29) is 30.7 Å². The summed E-state index contributed by atoms with van der Waals surface area (Å²) in [5, 5.41) is 3.21. The number of halogens is 1. The average molecular weight is 310 g/mol. The van der Waals surface area contributed by atoms with Gasteiger partial charge in [0, 0.05) is 6.42 Å². The van der Waals surface area contributed by atoms with Crippen molar-refractivity contribution in [2.24, 2.45) is 0 Å². The van der Waals surface area contributed by atoms with Crippen LogP contribution in [0.2, 0.25) is 0 Å². The number of carbonyl (C=O) groups excluding carboxylic acids is 2. The fraction of sp³-hybridized carbons (Fsp3) is 0.357. The molecule has 7 heteroatoms. The van der Waals surface area contributed by atoms with Gasteiger partial charge >= 0.3 is 5.97 Å². The quantitative estimate of drug-likeness (QED) is 0.657. The second-order valence-corrected chi connectivity index (χ2v) is 5.05. The lowest BCUT2D eigenvalue weighted by atomic mass is 10.1. The van der Waals surface area contributed by atoms with Crippen LogP contribution in [-0.4, -0.2) is 35.0 Å². The van der Waals surface area contributed by atoms with Crippen molar-refractivity contribution in [3.8, 4) is 0 Å². The van der Waals surface area contributed by atoms with Crippen molar-refractivity contribution in [1.82, 2.24) is 10.2 Å². The largest absolute Gasteiger partial charge is 0.469 e. The topological polar surface area (TPSA) is 58.6 Å². The summed E-state index contributed by atoms with van der Waals surface area (Å²) in [6.45, 7) is 0.277. The van der Waals surface area contributed by atoms with Crippen molar-refractivity contribution in [3.05, 3.63) is 35.6 Å². The van der Waals surface area contributed by atoms with Gasteiger partial charge in [-0.3, -0.25) is 14.5 Å². The molecule has 112 valence electrons. The summed E-state index contributed by atoms with van der Waals surface area (Å²) in [7, 11) is 1.30. The maximum absolute atomic E-state index is 12.9. The number of hydrogen-bond donors (Lipinski definition) is 1. The van der Waals surface area contributed by atoms with E-state index in [0.29, 0.717) is 11.5 Å². The van der Waals surface area contributed by atoms with Crippen LogP contribution in [0.5, 0.6) is 0 Å². The molecule has 1 aromatic carbocycles. The number of benzene rings is 1. The maximum atomic E-state index is 12.9. The average Bonchev–Trinajstić information content (AvgIpc) is 2.74. The first-order chi connectivity index (χ1) is 10.0. The summed E-state index contributed by atoms with van der Waals surface area (Å²) in [6, 6.07) is 5.36. The van der Waals surface area contributed by atoms with Crippen LogP contribution in [0.15, 0.2) is 24.3 Å². The number of esters is 1. The Bertz CT molecular complexity index is 562. The minimum Gasteiger partial charge on any atom is -0.469 e. The molecule has 21 heavy (non-hydrogen) atoms. The molecule has 0 aliphatic carbocycles. The highest BCUT2D eigenvalue weighted by atomic mass is 32.1. The van der Waals surface area contributed by atoms with Gasteiger partial charge in [0.2, 0.25) is 0 Å². The Morgan fingerprint density at radius 3 is 2.71 bits per heavy atom. The molecule has 1 aromatic rings. The Morgan fingerprint density at radius 1 is 1.43 bits per heavy atom. The summed E-state index contributed by atoms with van der Waals surface area (Å²) in [5.74, 6) is -0.885. The lowest BCUT2D eigenvalue weighted by molar-refractivity contribution is -0.140. The number of hydrogen-bond acceptors (Lipinski definition) is 4. The monoisotopic (exact) mass is 310 g/mol. The fourth-order valence-electron chi connectivity index (χ4n) is 2.06. The molecule has 0 radical (unpaired) electrons. The number of rotatable bonds is 5. The molecule has 1 fully saturated rings.